The Morgan fingerprint density at radius 2 is 1.12 bits per heavy atom. The maximum atomic E-state index is 5.65. The van der Waals surface area contributed by atoms with Crippen molar-refractivity contribution < 1.29 is 0 Å². The van der Waals surface area contributed by atoms with Gasteiger partial charge in [0.15, 0.2) is 0 Å². The Morgan fingerprint density at radius 1 is 0.640 bits per heavy atom. The first-order valence-electron chi connectivity index (χ1n) is 10.5. The summed E-state index contributed by atoms with van der Waals surface area (Å²) < 4.78 is 0. The Morgan fingerprint density at radius 3 is 1.52 bits per heavy atom. The van der Waals surface area contributed by atoms with Crippen LogP contribution in [0.25, 0.3) is 0 Å². The number of hydrogen-bond donors (Lipinski definition) is 0. The van der Waals surface area contributed by atoms with Gasteiger partial charge in [0.2, 0.25) is 0 Å². The van der Waals surface area contributed by atoms with Crippen molar-refractivity contribution in [3.63, 3.8) is 0 Å². The molecule has 0 spiro atoms. The number of aromatic nitrogens is 1. The smallest absolute Gasteiger partial charge is 0.0267 e. The molecule has 0 radical (unpaired) electrons. The van der Waals surface area contributed by atoms with Crippen molar-refractivity contribution in [3.05, 3.63) is 42.7 Å². The van der Waals surface area contributed by atoms with E-state index in [1.807, 2.05) is 18.2 Å². The maximum absolute atomic E-state index is 5.65. The molecule has 0 N–H and O–H groups in total. The van der Waals surface area contributed by atoms with E-state index in [2.05, 4.69) is 24.1 Å². The fourth-order valence-electron chi connectivity index (χ4n) is 2.65. The highest BCUT2D eigenvalue weighted by Crippen LogP contribution is 2.10. The van der Waals surface area contributed by atoms with Gasteiger partial charge in [0.1, 0.15) is 0 Å². The van der Waals surface area contributed by atoms with Crippen molar-refractivity contribution >= 4 is 11.6 Å². The van der Waals surface area contributed by atoms with E-state index < -0.39 is 0 Å². The molecule has 0 amide bonds. The van der Waals surface area contributed by atoms with Crippen molar-refractivity contribution in [2.24, 2.45) is 0 Å². The normalized spacial score (nSPS) is 10.6. The van der Waals surface area contributed by atoms with Gasteiger partial charge in [0.25, 0.3) is 0 Å². The van der Waals surface area contributed by atoms with Gasteiger partial charge in [-0.25, -0.2) is 0 Å². The molecule has 0 aromatic carbocycles. The highest BCUT2D eigenvalue weighted by Gasteiger charge is 1.90. The Bertz CT molecular complexity index is 324. The van der Waals surface area contributed by atoms with E-state index in [0.29, 0.717) is 0 Å². The summed E-state index contributed by atoms with van der Waals surface area (Å²) in [5, 5.41) is 0. The lowest BCUT2D eigenvalue weighted by Crippen LogP contribution is -1.80. The van der Waals surface area contributed by atoms with Gasteiger partial charge in [-0.3, -0.25) is 4.98 Å². The van der Waals surface area contributed by atoms with Gasteiger partial charge < -0.3 is 0 Å². The highest BCUT2D eigenvalue weighted by atomic mass is 35.5. The number of alkyl halides is 1. The third kappa shape index (κ3) is 23.2. The Balaban J connectivity index is 0.000000796. The van der Waals surface area contributed by atoms with Crippen LogP contribution in [0.1, 0.15) is 96.8 Å². The molecule has 0 atom stereocenters. The molecule has 0 aliphatic carbocycles. The van der Waals surface area contributed by atoms with Crippen LogP contribution in [0.15, 0.2) is 42.7 Å². The van der Waals surface area contributed by atoms with Crippen molar-refractivity contribution in [2.75, 3.05) is 5.88 Å². The number of hydrogen-bond acceptors (Lipinski definition) is 1. The van der Waals surface area contributed by atoms with Crippen LogP contribution in [-0.2, 0) is 0 Å². The zero-order chi connectivity index (χ0) is 18.3. The first-order valence-corrected chi connectivity index (χ1v) is 11.0. The van der Waals surface area contributed by atoms with Crippen LogP contribution in [-0.4, -0.2) is 10.9 Å². The molecule has 1 aromatic rings. The number of rotatable bonds is 15. The first kappa shape index (κ1) is 24.2. The van der Waals surface area contributed by atoms with Gasteiger partial charge in [0, 0.05) is 18.3 Å². The number of unbranched alkanes of at least 4 members (excludes halogenated alkanes) is 12. The molecule has 1 rings (SSSR count). The topological polar surface area (TPSA) is 12.9 Å². The van der Waals surface area contributed by atoms with E-state index in [1.165, 1.54) is 89.9 Å². The summed E-state index contributed by atoms with van der Waals surface area (Å²) in [5.74, 6) is 0.835. The number of halogens is 1. The molecule has 2 heteroatoms. The molecule has 1 aromatic heterocycles. The molecule has 0 saturated carbocycles. The van der Waals surface area contributed by atoms with Gasteiger partial charge in [0.05, 0.1) is 0 Å². The highest BCUT2D eigenvalue weighted by molar-refractivity contribution is 6.17. The standard InChI is InChI=1S/C18H35Cl.C5H5N/c1-2-3-4-5-6-7-8-9-10-11-12-13-14-15-16-17-18-19;1-2-4-6-5-3-1/h9-10H,2-8,11-18H2,1H3;1-5H/b10-9-;. The van der Waals surface area contributed by atoms with E-state index >= 15 is 0 Å². The third-order valence-corrected chi connectivity index (χ3v) is 4.48. The quantitative estimate of drug-likeness (QED) is 0.173. The summed E-state index contributed by atoms with van der Waals surface area (Å²) in [7, 11) is 0. The fraction of sp³-hybridized carbons (Fsp3) is 0.696. The summed E-state index contributed by atoms with van der Waals surface area (Å²) in [6.45, 7) is 2.28. The second-order valence-corrected chi connectivity index (χ2v) is 7.03. The van der Waals surface area contributed by atoms with Gasteiger partial charge in [-0.15, -0.1) is 11.6 Å². The maximum Gasteiger partial charge on any atom is 0.0267 e. The first-order chi connectivity index (χ1) is 12.4. The van der Waals surface area contributed by atoms with Crippen LogP contribution >= 0.6 is 11.6 Å². The predicted octanol–water partition coefficient (Wildman–Crippen LogP) is 8.34. The molecular formula is C23H40ClN. The molecule has 0 aliphatic heterocycles. The fourth-order valence-corrected chi connectivity index (χ4v) is 2.84. The molecule has 0 aliphatic rings. The zero-order valence-corrected chi connectivity index (χ0v) is 17.2. The van der Waals surface area contributed by atoms with Gasteiger partial charge >= 0.3 is 0 Å². The lowest BCUT2D eigenvalue weighted by atomic mass is 10.1. The number of nitrogens with zero attached hydrogens (tertiary/aromatic N) is 1. The molecule has 1 nitrogen and oxygen atoms in total. The summed E-state index contributed by atoms with van der Waals surface area (Å²) >= 11 is 5.65. The lowest BCUT2D eigenvalue weighted by Gasteiger charge is -1.99. The minimum absolute atomic E-state index is 0.835. The van der Waals surface area contributed by atoms with Gasteiger partial charge in [-0.05, 0) is 44.2 Å². The van der Waals surface area contributed by atoms with Crippen molar-refractivity contribution in [3.8, 4) is 0 Å². The minimum Gasteiger partial charge on any atom is -0.265 e. The molecule has 144 valence electrons. The SMILES string of the molecule is CCCCCCCC/C=C\CCCCCCCCCl.c1ccncc1. The second kappa shape index (κ2) is 23.2. The minimum atomic E-state index is 0.835. The molecule has 25 heavy (non-hydrogen) atoms. The molecular weight excluding hydrogens is 326 g/mol. The van der Waals surface area contributed by atoms with Crippen LogP contribution in [0, 0.1) is 0 Å². The van der Waals surface area contributed by atoms with Crippen molar-refractivity contribution in [1.29, 1.82) is 0 Å². The molecule has 0 saturated heterocycles. The molecule has 0 bridgehead atoms. The lowest BCUT2D eigenvalue weighted by molar-refractivity contribution is 0.607. The summed E-state index contributed by atoms with van der Waals surface area (Å²) in [4.78, 5) is 3.78. The monoisotopic (exact) mass is 365 g/mol. The molecule has 0 fully saturated rings. The Hall–Kier alpha value is -0.820. The van der Waals surface area contributed by atoms with Crippen LogP contribution in [0.5, 0.6) is 0 Å². The van der Waals surface area contributed by atoms with E-state index in [0.717, 1.165) is 5.88 Å². The Kier molecular flexibility index (Phi) is 22.4. The van der Waals surface area contributed by atoms with E-state index in [4.69, 9.17) is 11.6 Å². The van der Waals surface area contributed by atoms with Gasteiger partial charge in [-0.2, -0.15) is 0 Å². The molecule has 0 unspecified atom stereocenters. The third-order valence-electron chi connectivity index (χ3n) is 4.21. The van der Waals surface area contributed by atoms with E-state index in [-0.39, 0.29) is 0 Å². The second-order valence-electron chi connectivity index (χ2n) is 6.65. The molecule has 1 heterocycles. The largest absolute Gasteiger partial charge is 0.265 e. The van der Waals surface area contributed by atoms with Crippen LogP contribution in [0.4, 0.5) is 0 Å². The van der Waals surface area contributed by atoms with Crippen LogP contribution in [0.3, 0.4) is 0 Å². The van der Waals surface area contributed by atoms with Crippen LogP contribution < -0.4 is 0 Å². The van der Waals surface area contributed by atoms with Gasteiger partial charge in [-0.1, -0.05) is 82.9 Å². The number of allylic oxidation sites excluding steroid dienone is 2. The van der Waals surface area contributed by atoms with E-state index in [1.54, 1.807) is 12.4 Å². The number of pyridine rings is 1. The average molecular weight is 366 g/mol. The summed E-state index contributed by atoms with van der Waals surface area (Å²) in [6.07, 6.45) is 27.3. The predicted molar refractivity (Wildman–Crippen MR) is 114 cm³/mol. The van der Waals surface area contributed by atoms with E-state index in [9.17, 15) is 0 Å². The van der Waals surface area contributed by atoms with Crippen molar-refractivity contribution in [1.82, 2.24) is 4.98 Å². The average Bonchev–Trinajstić information content (AvgIpc) is 2.67. The Labute approximate surface area is 162 Å². The zero-order valence-electron chi connectivity index (χ0n) is 16.5. The summed E-state index contributed by atoms with van der Waals surface area (Å²) in [6, 6.07) is 5.72. The summed E-state index contributed by atoms with van der Waals surface area (Å²) in [5.41, 5.74) is 0. The van der Waals surface area contributed by atoms with Crippen molar-refractivity contribution in [2.45, 2.75) is 96.8 Å². The van der Waals surface area contributed by atoms with Crippen LogP contribution in [0.2, 0.25) is 0 Å².